The van der Waals surface area contributed by atoms with E-state index in [0.717, 1.165) is 18.1 Å². The fraction of sp³-hybridized carbons (Fsp3) is 0.576. The van der Waals surface area contributed by atoms with Crippen LogP contribution in [0.25, 0.3) is 0 Å². The van der Waals surface area contributed by atoms with Crippen molar-refractivity contribution in [3.8, 4) is 0 Å². The molecule has 2 saturated heterocycles. The number of carboxylic acid groups (broad SMARTS) is 3. The molecule has 47 heavy (non-hydrogen) atoms. The highest BCUT2D eigenvalue weighted by atomic mass is 16.8. The van der Waals surface area contributed by atoms with E-state index in [0.29, 0.717) is 12.3 Å². The molecule has 14 nitrogen and oxygen atoms in total. The molecular formula is C33H44O14. The van der Waals surface area contributed by atoms with Crippen LogP contribution in [-0.2, 0) is 39.8 Å². The molecule has 0 aromatic heterocycles. The Morgan fingerprint density at radius 3 is 2.26 bits per heavy atom. The maximum Gasteiger partial charge on any atom is 0.344 e. The molecule has 10 atom stereocenters. The van der Waals surface area contributed by atoms with E-state index in [9.17, 15) is 54.9 Å². The predicted octanol–water partition coefficient (Wildman–Crippen LogP) is 1.29. The monoisotopic (exact) mass is 664 g/mol. The molecule has 3 rings (SSSR count). The molecule has 2 aliphatic heterocycles. The van der Waals surface area contributed by atoms with Gasteiger partial charge in [0.1, 0.15) is 6.10 Å². The molecule has 0 saturated carbocycles. The van der Waals surface area contributed by atoms with Gasteiger partial charge in [0.25, 0.3) is 0 Å². The number of carbonyl (C=O) groups excluding carboxylic acids is 1. The summed E-state index contributed by atoms with van der Waals surface area (Å²) in [6.07, 6.45) is -5.68. The third-order valence-electron chi connectivity index (χ3n) is 9.11. The lowest BCUT2D eigenvalue weighted by Gasteiger charge is -2.48. The van der Waals surface area contributed by atoms with Crippen LogP contribution < -0.4 is 0 Å². The zero-order chi connectivity index (χ0) is 35.3. The molecule has 2 bridgehead atoms. The Balaban J connectivity index is 1.98. The lowest BCUT2D eigenvalue weighted by atomic mass is 9.74. The Bertz CT molecular complexity index is 1350. The number of allylic oxidation sites excluding steroid dienone is 1. The average Bonchev–Trinajstić information content (AvgIpc) is 3.24. The smallest absolute Gasteiger partial charge is 0.344 e. The second-order valence-electron chi connectivity index (χ2n) is 12.5. The van der Waals surface area contributed by atoms with Crippen LogP contribution in [0.1, 0.15) is 52.0 Å². The highest BCUT2D eigenvalue weighted by Crippen LogP contribution is 2.55. The molecule has 1 aromatic rings. The zero-order valence-corrected chi connectivity index (χ0v) is 26.5. The van der Waals surface area contributed by atoms with Gasteiger partial charge < -0.3 is 50.0 Å². The Labute approximate surface area is 271 Å². The van der Waals surface area contributed by atoms with Crippen LogP contribution in [-0.4, -0.2) is 108 Å². The first kappa shape index (κ1) is 37.8. The van der Waals surface area contributed by atoms with Crippen molar-refractivity contribution in [3.05, 3.63) is 60.2 Å². The molecule has 2 fully saturated rings. The Kier molecular flexibility index (Phi) is 12.1. The van der Waals surface area contributed by atoms with E-state index in [1.165, 1.54) is 6.08 Å². The standard InChI is InChI=1S/C33H44O14/c1-5-18(2)15-19(3)11-12-23(35)45-26-25(37)31(14-13-20(4)24(36)22(17-34)16-21-9-7-6-8-10-21)46-27(28(38)39)32(44,29(40)41)33(26,47-31)30(42)43/h6-12,18-19,22,24-27,34,36-37,44H,4-5,13-17H2,1-3H3,(H,38,39)(H,40,41)(H,42,43)/b12-11+/t18-,19+,22?,24?,25+,26+,27+,31+,32+,33+/m0/s1. The SMILES string of the molecule is C=C(CC[C@@]12O[C@H](C(=O)O)[C@@](O)(C(=O)O)[C@@](C(=O)O)(O1)[C@H](OC(=O)/C=C/[C@@H](C)C[C@@H](C)CC)[C@H]2O)C(O)C(CO)Cc1ccccc1. The number of hydrogen-bond acceptors (Lipinski definition) is 11. The van der Waals surface area contributed by atoms with E-state index in [2.05, 4.69) is 6.58 Å². The summed E-state index contributed by atoms with van der Waals surface area (Å²) in [4.78, 5) is 50.6. The Morgan fingerprint density at radius 2 is 1.72 bits per heavy atom. The second kappa shape index (κ2) is 15.0. The van der Waals surface area contributed by atoms with Gasteiger partial charge in [0.05, 0.1) is 6.10 Å². The highest BCUT2D eigenvalue weighted by Gasteiger charge is 2.85. The number of ether oxygens (including phenoxy) is 3. The Morgan fingerprint density at radius 1 is 1.09 bits per heavy atom. The number of aliphatic hydroxyl groups is 4. The minimum Gasteiger partial charge on any atom is -0.479 e. The summed E-state index contributed by atoms with van der Waals surface area (Å²) in [5.74, 6) is -11.2. The number of fused-ring (bicyclic) bond motifs is 2. The van der Waals surface area contributed by atoms with Gasteiger partial charge in [0.15, 0.2) is 6.10 Å². The molecule has 1 aromatic carbocycles. The third kappa shape index (κ3) is 7.27. The molecule has 2 unspecified atom stereocenters. The number of rotatable bonds is 17. The van der Waals surface area contributed by atoms with Crippen molar-refractivity contribution in [1.82, 2.24) is 0 Å². The van der Waals surface area contributed by atoms with E-state index in [1.54, 1.807) is 30.3 Å². The van der Waals surface area contributed by atoms with Gasteiger partial charge in [-0.25, -0.2) is 19.2 Å². The van der Waals surface area contributed by atoms with Gasteiger partial charge in [-0.1, -0.05) is 70.2 Å². The van der Waals surface area contributed by atoms with Crippen LogP contribution in [0, 0.1) is 17.8 Å². The summed E-state index contributed by atoms with van der Waals surface area (Å²) in [5.41, 5.74) is -6.61. The maximum atomic E-state index is 12.9. The van der Waals surface area contributed by atoms with Crippen molar-refractivity contribution < 1.29 is 69.1 Å². The van der Waals surface area contributed by atoms with Gasteiger partial charge in [0, 0.05) is 25.0 Å². The molecule has 14 heteroatoms. The van der Waals surface area contributed by atoms with E-state index in [-0.39, 0.29) is 24.3 Å². The van der Waals surface area contributed by atoms with Crippen LogP contribution in [0.15, 0.2) is 54.6 Å². The number of aliphatic hydroxyl groups excluding tert-OH is 3. The van der Waals surface area contributed by atoms with Gasteiger partial charge in [-0.05, 0) is 42.2 Å². The quantitative estimate of drug-likeness (QED) is 0.0706. The largest absolute Gasteiger partial charge is 0.479 e. The van der Waals surface area contributed by atoms with Gasteiger partial charge in [0.2, 0.25) is 23.1 Å². The van der Waals surface area contributed by atoms with Crippen LogP contribution in [0.2, 0.25) is 0 Å². The normalized spacial score (nSPS) is 31.1. The Hall–Kier alpha value is -3.66. The summed E-state index contributed by atoms with van der Waals surface area (Å²) in [5, 5.41) is 74.1. The molecule has 0 amide bonds. The van der Waals surface area contributed by atoms with Crippen molar-refractivity contribution >= 4 is 23.9 Å². The summed E-state index contributed by atoms with van der Waals surface area (Å²) < 4.78 is 16.3. The first-order valence-corrected chi connectivity index (χ1v) is 15.4. The molecule has 0 radical (unpaired) electrons. The number of carbonyl (C=O) groups is 4. The van der Waals surface area contributed by atoms with Gasteiger partial charge in [-0.2, -0.15) is 0 Å². The van der Waals surface area contributed by atoms with Crippen LogP contribution in [0.4, 0.5) is 0 Å². The van der Waals surface area contributed by atoms with Crippen LogP contribution in [0.5, 0.6) is 0 Å². The fourth-order valence-corrected chi connectivity index (χ4v) is 6.24. The van der Waals surface area contributed by atoms with Crippen molar-refractivity contribution in [2.24, 2.45) is 17.8 Å². The number of aliphatic carboxylic acids is 3. The molecule has 260 valence electrons. The fourth-order valence-electron chi connectivity index (χ4n) is 6.24. The number of carboxylic acids is 3. The van der Waals surface area contributed by atoms with E-state index < -0.39 is 84.2 Å². The van der Waals surface area contributed by atoms with Gasteiger partial charge in [-0.3, -0.25) is 0 Å². The molecule has 2 heterocycles. The lowest BCUT2D eigenvalue weighted by molar-refractivity contribution is -0.374. The van der Waals surface area contributed by atoms with Gasteiger partial charge >= 0.3 is 23.9 Å². The van der Waals surface area contributed by atoms with E-state index in [4.69, 9.17) is 14.2 Å². The van der Waals surface area contributed by atoms with Gasteiger partial charge in [-0.15, -0.1) is 0 Å². The zero-order valence-electron chi connectivity index (χ0n) is 26.5. The van der Waals surface area contributed by atoms with E-state index >= 15 is 0 Å². The third-order valence-corrected chi connectivity index (χ3v) is 9.11. The maximum absolute atomic E-state index is 12.9. The van der Waals surface area contributed by atoms with E-state index in [1.807, 2.05) is 20.8 Å². The minimum absolute atomic E-state index is 0.0549. The average molecular weight is 665 g/mol. The summed E-state index contributed by atoms with van der Waals surface area (Å²) in [6.45, 7) is 9.21. The topological polar surface area (TPSA) is 238 Å². The van der Waals surface area contributed by atoms with Crippen molar-refractivity contribution in [2.45, 2.75) is 94.3 Å². The number of hydrogen-bond donors (Lipinski definition) is 7. The lowest BCUT2D eigenvalue weighted by Crippen LogP contribution is -2.78. The van der Waals surface area contributed by atoms with Crippen molar-refractivity contribution in [3.63, 3.8) is 0 Å². The molecular weight excluding hydrogens is 620 g/mol. The van der Waals surface area contributed by atoms with Crippen molar-refractivity contribution in [1.29, 1.82) is 0 Å². The minimum atomic E-state index is -3.90. The number of esters is 1. The number of benzene rings is 1. The van der Waals surface area contributed by atoms with Crippen LogP contribution in [0.3, 0.4) is 0 Å². The summed E-state index contributed by atoms with van der Waals surface area (Å²) >= 11 is 0. The van der Waals surface area contributed by atoms with Crippen LogP contribution >= 0.6 is 0 Å². The second-order valence-corrected chi connectivity index (χ2v) is 12.5. The highest BCUT2D eigenvalue weighted by molar-refractivity contribution is 5.98. The molecule has 0 aliphatic carbocycles. The van der Waals surface area contributed by atoms with Crippen molar-refractivity contribution in [2.75, 3.05) is 6.61 Å². The first-order valence-electron chi connectivity index (χ1n) is 15.4. The summed E-state index contributed by atoms with van der Waals surface area (Å²) in [7, 11) is 0. The summed E-state index contributed by atoms with van der Waals surface area (Å²) in [6, 6.07) is 8.94. The molecule has 2 aliphatic rings. The first-order chi connectivity index (χ1) is 22.0. The molecule has 7 N–H and O–H groups in total. The predicted molar refractivity (Wildman–Crippen MR) is 163 cm³/mol. The molecule has 0 spiro atoms.